The van der Waals surface area contributed by atoms with Gasteiger partial charge in [0, 0.05) is 24.7 Å². The van der Waals surface area contributed by atoms with Crippen LogP contribution in [0.3, 0.4) is 0 Å². The predicted octanol–water partition coefficient (Wildman–Crippen LogP) is 1.93. The summed E-state index contributed by atoms with van der Waals surface area (Å²) in [5.41, 5.74) is -0.498. The number of rotatable bonds is 6. The van der Waals surface area contributed by atoms with Crippen LogP contribution in [0.5, 0.6) is 0 Å². The van der Waals surface area contributed by atoms with E-state index in [-0.39, 0.29) is 35.0 Å². The number of hydrogen-bond acceptors (Lipinski definition) is 5. The van der Waals surface area contributed by atoms with Crippen LogP contribution in [0.1, 0.15) is 49.9 Å². The molecule has 1 aromatic rings. The topological polar surface area (TPSA) is 92.8 Å². The van der Waals surface area contributed by atoms with Gasteiger partial charge in [0.1, 0.15) is 0 Å². The Kier molecular flexibility index (Phi) is 5.31. The van der Waals surface area contributed by atoms with Crippen molar-refractivity contribution in [1.82, 2.24) is 9.62 Å². The molecule has 3 rings (SSSR count). The van der Waals surface area contributed by atoms with E-state index in [0.29, 0.717) is 19.3 Å². The third-order valence-corrected chi connectivity index (χ3v) is 7.85. The minimum Gasteiger partial charge on any atom is -0.466 e. The summed E-state index contributed by atoms with van der Waals surface area (Å²) in [7, 11) is -2.32. The number of esters is 1. The molecule has 2 aliphatic rings. The Morgan fingerprint density at radius 3 is 2.67 bits per heavy atom. The summed E-state index contributed by atoms with van der Waals surface area (Å²) >= 11 is 0. The van der Waals surface area contributed by atoms with Crippen LogP contribution in [-0.4, -0.2) is 50.3 Å². The molecular formula is C19H26N2O5S. The summed E-state index contributed by atoms with van der Waals surface area (Å²) in [6, 6.07) is 5.41. The first-order chi connectivity index (χ1) is 12.8. The van der Waals surface area contributed by atoms with E-state index in [4.69, 9.17) is 4.74 Å². The predicted molar refractivity (Wildman–Crippen MR) is 99.6 cm³/mol. The first-order valence-corrected chi connectivity index (χ1v) is 10.8. The number of nitrogens with one attached hydrogen (secondary N) is 1. The monoisotopic (exact) mass is 394 g/mol. The smallest absolute Gasteiger partial charge is 0.313 e. The van der Waals surface area contributed by atoms with Crippen LogP contribution >= 0.6 is 0 Å². The number of carbonyl (C=O) groups is 2. The molecule has 1 amide bonds. The number of hydrogen-bond donors (Lipinski definition) is 1. The molecule has 2 fully saturated rings. The lowest BCUT2D eigenvalue weighted by molar-refractivity contribution is -0.157. The van der Waals surface area contributed by atoms with Crippen LogP contribution in [0.2, 0.25) is 0 Å². The Balaban J connectivity index is 1.99. The van der Waals surface area contributed by atoms with E-state index >= 15 is 0 Å². The number of sulfonamides is 1. The van der Waals surface area contributed by atoms with Crippen LogP contribution < -0.4 is 5.32 Å². The minimum atomic E-state index is -3.82. The van der Waals surface area contributed by atoms with Crippen molar-refractivity contribution in [3.63, 3.8) is 0 Å². The van der Waals surface area contributed by atoms with Gasteiger partial charge in [-0.15, -0.1) is 0 Å². The molecule has 0 unspecified atom stereocenters. The van der Waals surface area contributed by atoms with Crippen molar-refractivity contribution < 1.29 is 22.7 Å². The molecule has 2 saturated heterocycles. The molecule has 0 spiro atoms. The van der Waals surface area contributed by atoms with Crippen molar-refractivity contribution in [2.24, 2.45) is 5.41 Å². The van der Waals surface area contributed by atoms with Gasteiger partial charge in [-0.05, 0) is 50.8 Å². The molecule has 0 aromatic heterocycles. The second-order valence-corrected chi connectivity index (χ2v) is 8.97. The molecular weight excluding hydrogens is 368 g/mol. The van der Waals surface area contributed by atoms with Crippen LogP contribution in [0.4, 0.5) is 0 Å². The first-order valence-electron chi connectivity index (χ1n) is 9.34. The van der Waals surface area contributed by atoms with Crippen molar-refractivity contribution >= 4 is 21.9 Å². The highest BCUT2D eigenvalue weighted by atomic mass is 32.2. The fraction of sp³-hybridized carbons (Fsp3) is 0.579. The molecule has 1 aromatic carbocycles. The molecule has 148 valence electrons. The number of amides is 1. The highest BCUT2D eigenvalue weighted by molar-refractivity contribution is 7.89. The van der Waals surface area contributed by atoms with Crippen molar-refractivity contribution in [3.8, 4) is 0 Å². The highest BCUT2D eigenvalue weighted by Gasteiger charge is 2.63. The van der Waals surface area contributed by atoms with Gasteiger partial charge in [-0.1, -0.05) is 13.0 Å². The standard InChI is InChI=1S/C19H26N2O5S/c1-4-19(18(23)26-5-2)12-14-9-10-16(19)21(14)27(24,25)15-8-6-7-13(11-15)17(22)20-3/h6-8,11,14,16H,4-5,9-10,12H2,1-3H3,(H,20,22)/t14-,16+,19+/m1/s1. The third-order valence-electron chi connectivity index (χ3n) is 5.89. The highest BCUT2D eigenvalue weighted by Crippen LogP contribution is 2.54. The second-order valence-electron chi connectivity index (χ2n) is 7.12. The second kappa shape index (κ2) is 7.24. The summed E-state index contributed by atoms with van der Waals surface area (Å²) in [6.45, 7) is 3.95. The van der Waals surface area contributed by atoms with E-state index in [1.54, 1.807) is 19.1 Å². The summed E-state index contributed by atoms with van der Waals surface area (Å²) in [6.07, 6.45) is 2.41. The fourth-order valence-electron chi connectivity index (χ4n) is 4.57. The van der Waals surface area contributed by atoms with E-state index in [1.807, 2.05) is 6.92 Å². The molecule has 1 N–H and O–H groups in total. The van der Waals surface area contributed by atoms with Gasteiger partial charge in [-0.25, -0.2) is 8.42 Å². The number of carbonyl (C=O) groups excluding carboxylic acids is 2. The quantitative estimate of drug-likeness (QED) is 0.744. The minimum absolute atomic E-state index is 0.0799. The molecule has 3 atom stereocenters. The molecule has 8 heteroatoms. The first kappa shape index (κ1) is 19.8. The summed E-state index contributed by atoms with van der Waals surface area (Å²) in [4.78, 5) is 24.6. The molecule has 7 nitrogen and oxygen atoms in total. The Morgan fingerprint density at radius 1 is 1.30 bits per heavy atom. The maximum atomic E-state index is 13.4. The SMILES string of the molecule is CCOC(=O)[C@@]1(CC)C[C@H]2CC[C@@H]1N2S(=O)(=O)c1cccc(C(=O)NC)c1. The van der Waals surface area contributed by atoms with Gasteiger partial charge < -0.3 is 10.1 Å². The van der Waals surface area contributed by atoms with Gasteiger partial charge in [0.25, 0.3) is 5.91 Å². The number of fused-ring (bicyclic) bond motifs is 2. The zero-order valence-electron chi connectivity index (χ0n) is 15.9. The van der Waals surface area contributed by atoms with Crippen molar-refractivity contribution in [3.05, 3.63) is 29.8 Å². The van der Waals surface area contributed by atoms with Gasteiger partial charge >= 0.3 is 5.97 Å². The molecule has 0 radical (unpaired) electrons. The number of nitrogens with zero attached hydrogens (tertiary/aromatic N) is 1. The van der Waals surface area contributed by atoms with Gasteiger partial charge in [0.2, 0.25) is 10.0 Å². The zero-order valence-corrected chi connectivity index (χ0v) is 16.7. The summed E-state index contributed by atoms with van der Waals surface area (Å²) in [5, 5.41) is 2.50. The van der Waals surface area contributed by atoms with Crippen molar-refractivity contribution in [1.29, 1.82) is 0 Å². The summed E-state index contributed by atoms with van der Waals surface area (Å²) in [5.74, 6) is -0.648. The Bertz CT molecular complexity index is 853. The average Bonchev–Trinajstić information content (AvgIpc) is 3.25. The fourth-order valence-corrected chi connectivity index (χ4v) is 6.56. The molecule has 2 bridgehead atoms. The number of ether oxygens (including phenoxy) is 1. The van der Waals surface area contributed by atoms with Crippen molar-refractivity contribution in [2.45, 2.75) is 56.5 Å². The van der Waals surface area contributed by atoms with Crippen LogP contribution in [0, 0.1) is 5.41 Å². The number of benzene rings is 1. The maximum Gasteiger partial charge on any atom is 0.313 e. The molecule has 0 aliphatic carbocycles. The third kappa shape index (κ3) is 3.04. The van der Waals surface area contributed by atoms with Gasteiger partial charge in [0.15, 0.2) is 0 Å². The molecule has 27 heavy (non-hydrogen) atoms. The summed E-state index contributed by atoms with van der Waals surface area (Å²) < 4.78 is 33.6. The van der Waals surface area contributed by atoms with E-state index < -0.39 is 21.5 Å². The lowest BCUT2D eigenvalue weighted by Gasteiger charge is -2.34. The van der Waals surface area contributed by atoms with E-state index in [9.17, 15) is 18.0 Å². The lowest BCUT2D eigenvalue weighted by Crippen LogP contribution is -2.45. The van der Waals surface area contributed by atoms with Gasteiger partial charge in [-0.2, -0.15) is 4.31 Å². The van der Waals surface area contributed by atoms with Crippen LogP contribution in [0.15, 0.2) is 29.2 Å². The van der Waals surface area contributed by atoms with Gasteiger partial charge in [0.05, 0.1) is 16.9 Å². The zero-order chi connectivity index (χ0) is 19.8. The molecule has 2 heterocycles. The lowest BCUT2D eigenvalue weighted by atomic mass is 9.72. The van der Waals surface area contributed by atoms with Crippen LogP contribution in [0.25, 0.3) is 0 Å². The Labute approximate surface area is 160 Å². The average molecular weight is 394 g/mol. The Morgan fingerprint density at radius 2 is 2.04 bits per heavy atom. The van der Waals surface area contributed by atoms with Crippen LogP contribution in [-0.2, 0) is 19.6 Å². The molecule has 0 saturated carbocycles. The largest absolute Gasteiger partial charge is 0.466 e. The van der Waals surface area contributed by atoms with Crippen molar-refractivity contribution in [2.75, 3.05) is 13.7 Å². The Hall–Kier alpha value is -1.93. The van der Waals surface area contributed by atoms with E-state index in [1.165, 1.54) is 23.5 Å². The normalized spacial score (nSPS) is 27.5. The van der Waals surface area contributed by atoms with E-state index in [0.717, 1.165) is 6.42 Å². The molecule has 2 aliphatic heterocycles. The van der Waals surface area contributed by atoms with Gasteiger partial charge in [-0.3, -0.25) is 9.59 Å². The maximum absolute atomic E-state index is 13.4. The van der Waals surface area contributed by atoms with E-state index in [2.05, 4.69) is 5.32 Å².